The standard InChI is InChI=1S/C73H128O6/c1-4-7-10-13-16-19-22-24-26-28-30-32-34-35-36-37-39-40-42-44-46-48-51-54-57-60-63-66-72(75)78-69-70(68-77-71(74)65-62-59-56-53-50-21-18-15-12-9-6-3)79-73(76)67-64-61-58-55-52-49-47-45-43-41-38-33-31-29-27-25-23-20-17-14-11-8-5-2/h8,11,15,17-18,20,22,24-25,27-28,30-31,33,70H,4-7,9-10,12-14,16,19,21,23,26,29,32,34-69H2,1-3H3/b11-8-,18-15-,20-17-,24-22-,27-25-,30-28-,33-31-. The molecule has 0 spiro atoms. The van der Waals surface area contributed by atoms with E-state index in [0.29, 0.717) is 19.3 Å². The highest BCUT2D eigenvalue weighted by Gasteiger charge is 2.19. The third-order valence-corrected chi connectivity index (χ3v) is 14.9. The Hall–Kier alpha value is -3.41. The largest absolute Gasteiger partial charge is 0.462 e. The van der Waals surface area contributed by atoms with E-state index in [0.717, 1.165) is 96.3 Å². The fraction of sp³-hybridized carbons (Fsp3) is 0.767. The zero-order valence-electron chi connectivity index (χ0n) is 52.4. The van der Waals surface area contributed by atoms with Crippen molar-refractivity contribution < 1.29 is 28.6 Å². The summed E-state index contributed by atoms with van der Waals surface area (Å²) in [7, 11) is 0. The molecule has 0 N–H and O–H groups in total. The van der Waals surface area contributed by atoms with Crippen LogP contribution in [0.3, 0.4) is 0 Å². The molecule has 0 heterocycles. The lowest BCUT2D eigenvalue weighted by Crippen LogP contribution is -2.30. The first-order valence-electron chi connectivity index (χ1n) is 34.1. The van der Waals surface area contributed by atoms with E-state index >= 15 is 0 Å². The van der Waals surface area contributed by atoms with Crippen molar-refractivity contribution in [2.45, 2.75) is 348 Å². The van der Waals surface area contributed by atoms with E-state index in [1.807, 2.05) is 0 Å². The van der Waals surface area contributed by atoms with Gasteiger partial charge in [-0.2, -0.15) is 0 Å². The maximum Gasteiger partial charge on any atom is 0.306 e. The van der Waals surface area contributed by atoms with Crippen LogP contribution >= 0.6 is 0 Å². The molecule has 0 aromatic heterocycles. The molecular weight excluding hydrogens is 973 g/mol. The second kappa shape index (κ2) is 67.1. The summed E-state index contributed by atoms with van der Waals surface area (Å²) in [5.41, 5.74) is 0. The Balaban J connectivity index is 4.22. The molecule has 0 fully saturated rings. The number of unbranched alkanes of at least 4 members (excludes halogenated alkanes) is 37. The van der Waals surface area contributed by atoms with E-state index in [-0.39, 0.29) is 31.1 Å². The minimum atomic E-state index is -0.783. The van der Waals surface area contributed by atoms with Crippen LogP contribution in [0, 0.1) is 0 Å². The number of carbonyl (C=O) groups is 3. The molecule has 0 saturated carbocycles. The van der Waals surface area contributed by atoms with Gasteiger partial charge in [0, 0.05) is 19.3 Å². The van der Waals surface area contributed by atoms with Crippen molar-refractivity contribution in [2.24, 2.45) is 0 Å². The lowest BCUT2D eigenvalue weighted by atomic mass is 10.0. The van der Waals surface area contributed by atoms with E-state index < -0.39 is 6.10 Å². The highest BCUT2D eigenvalue weighted by molar-refractivity contribution is 5.71. The van der Waals surface area contributed by atoms with Crippen molar-refractivity contribution in [3.05, 3.63) is 85.1 Å². The molecule has 0 bridgehead atoms. The smallest absolute Gasteiger partial charge is 0.306 e. The van der Waals surface area contributed by atoms with Crippen molar-refractivity contribution in [3.63, 3.8) is 0 Å². The molecule has 0 aliphatic heterocycles. The van der Waals surface area contributed by atoms with Gasteiger partial charge in [0.1, 0.15) is 13.2 Å². The van der Waals surface area contributed by atoms with Crippen LogP contribution in [0.2, 0.25) is 0 Å². The van der Waals surface area contributed by atoms with Gasteiger partial charge in [-0.05, 0) is 109 Å². The second-order valence-electron chi connectivity index (χ2n) is 22.7. The molecule has 0 radical (unpaired) electrons. The van der Waals surface area contributed by atoms with Crippen molar-refractivity contribution in [1.82, 2.24) is 0 Å². The predicted octanol–water partition coefficient (Wildman–Crippen LogP) is 23.4. The summed E-state index contributed by atoms with van der Waals surface area (Å²) in [6.07, 6.45) is 88.9. The number of esters is 3. The monoisotopic (exact) mass is 1100 g/mol. The van der Waals surface area contributed by atoms with Crippen molar-refractivity contribution in [1.29, 1.82) is 0 Å². The van der Waals surface area contributed by atoms with Gasteiger partial charge in [0.25, 0.3) is 0 Å². The maximum absolute atomic E-state index is 12.9. The summed E-state index contributed by atoms with van der Waals surface area (Å²) in [6.45, 7) is 6.51. The summed E-state index contributed by atoms with van der Waals surface area (Å²) in [5, 5.41) is 0. The van der Waals surface area contributed by atoms with Crippen LogP contribution in [0.5, 0.6) is 0 Å². The van der Waals surface area contributed by atoms with E-state index in [1.54, 1.807) is 0 Å². The van der Waals surface area contributed by atoms with E-state index in [9.17, 15) is 14.4 Å². The summed E-state index contributed by atoms with van der Waals surface area (Å²) < 4.78 is 16.9. The first-order valence-corrected chi connectivity index (χ1v) is 34.1. The van der Waals surface area contributed by atoms with Crippen molar-refractivity contribution in [2.75, 3.05) is 13.2 Å². The first kappa shape index (κ1) is 75.6. The summed E-state index contributed by atoms with van der Waals surface area (Å²) in [4.78, 5) is 38.3. The summed E-state index contributed by atoms with van der Waals surface area (Å²) in [5.74, 6) is -0.879. The summed E-state index contributed by atoms with van der Waals surface area (Å²) >= 11 is 0. The molecule has 0 aromatic carbocycles. The number of rotatable bonds is 62. The Morgan fingerprint density at radius 2 is 0.506 bits per heavy atom. The predicted molar refractivity (Wildman–Crippen MR) is 344 cm³/mol. The Kier molecular flexibility index (Phi) is 64.2. The number of hydrogen-bond acceptors (Lipinski definition) is 6. The molecule has 456 valence electrons. The van der Waals surface area contributed by atoms with Gasteiger partial charge < -0.3 is 14.2 Å². The molecule has 1 atom stereocenters. The number of ether oxygens (including phenoxy) is 3. The van der Waals surface area contributed by atoms with E-state index in [1.165, 1.54) is 205 Å². The molecule has 0 saturated heterocycles. The lowest BCUT2D eigenvalue weighted by Gasteiger charge is -2.18. The molecule has 0 rings (SSSR count). The Morgan fingerprint density at radius 3 is 0.823 bits per heavy atom. The molecule has 0 aromatic rings. The minimum absolute atomic E-state index is 0.0786. The zero-order chi connectivity index (χ0) is 57.1. The third kappa shape index (κ3) is 65.3. The zero-order valence-corrected chi connectivity index (χ0v) is 52.4. The fourth-order valence-corrected chi connectivity index (χ4v) is 9.74. The van der Waals surface area contributed by atoms with Crippen LogP contribution in [0.4, 0.5) is 0 Å². The molecule has 0 aliphatic carbocycles. The fourth-order valence-electron chi connectivity index (χ4n) is 9.74. The van der Waals surface area contributed by atoms with Gasteiger partial charge in [-0.1, -0.05) is 298 Å². The third-order valence-electron chi connectivity index (χ3n) is 14.9. The van der Waals surface area contributed by atoms with Gasteiger partial charge >= 0.3 is 17.9 Å². The van der Waals surface area contributed by atoms with Gasteiger partial charge in [-0.15, -0.1) is 0 Å². The van der Waals surface area contributed by atoms with Crippen LogP contribution in [0.1, 0.15) is 342 Å². The SMILES string of the molecule is CC/C=C\C/C=C\C/C=C\C/C=C\CCCCCCCCCCCCC(=O)OC(COC(=O)CCCCCCC/C=C\CCCC)COC(=O)CCCCCCCCCCCCCCCCC/C=C\C/C=C\CCCCCCC. The quantitative estimate of drug-likeness (QED) is 0.0261. The average molecular weight is 1100 g/mol. The van der Waals surface area contributed by atoms with Crippen molar-refractivity contribution in [3.8, 4) is 0 Å². The summed E-state index contributed by atoms with van der Waals surface area (Å²) in [6, 6.07) is 0. The lowest BCUT2D eigenvalue weighted by molar-refractivity contribution is -0.167. The first-order chi connectivity index (χ1) is 39.0. The normalized spacial score (nSPS) is 12.6. The highest BCUT2D eigenvalue weighted by Crippen LogP contribution is 2.17. The Morgan fingerprint density at radius 1 is 0.266 bits per heavy atom. The van der Waals surface area contributed by atoms with Gasteiger partial charge in [-0.25, -0.2) is 0 Å². The molecule has 0 amide bonds. The van der Waals surface area contributed by atoms with Gasteiger partial charge in [0.15, 0.2) is 6.10 Å². The average Bonchev–Trinajstić information content (AvgIpc) is 3.45. The van der Waals surface area contributed by atoms with Crippen LogP contribution < -0.4 is 0 Å². The molecule has 6 nitrogen and oxygen atoms in total. The minimum Gasteiger partial charge on any atom is -0.462 e. The number of allylic oxidation sites excluding steroid dienone is 14. The molecule has 6 heteroatoms. The van der Waals surface area contributed by atoms with Crippen LogP contribution in [-0.4, -0.2) is 37.2 Å². The maximum atomic E-state index is 12.9. The van der Waals surface area contributed by atoms with Crippen molar-refractivity contribution >= 4 is 17.9 Å². The highest BCUT2D eigenvalue weighted by atomic mass is 16.6. The topological polar surface area (TPSA) is 78.9 Å². The van der Waals surface area contributed by atoms with Gasteiger partial charge in [0.2, 0.25) is 0 Å². The van der Waals surface area contributed by atoms with E-state index in [4.69, 9.17) is 14.2 Å². The molecule has 79 heavy (non-hydrogen) atoms. The Labute approximate surface area is 490 Å². The number of carbonyl (C=O) groups excluding carboxylic acids is 3. The molecule has 1 unspecified atom stereocenters. The van der Waals surface area contributed by atoms with Crippen LogP contribution in [0.15, 0.2) is 85.1 Å². The van der Waals surface area contributed by atoms with Crippen LogP contribution in [-0.2, 0) is 28.6 Å². The van der Waals surface area contributed by atoms with Crippen LogP contribution in [0.25, 0.3) is 0 Å². The second-order valence-corrected chi connectivity index (χ2v) is 22.7. The van der Waals surface area contributed by atoms with Gasteiger partial charge in [0.05, 0.1) is 0 Å². The molecule has 0 aliphatic rings. The number of hydrogen-bond donors (Lipinski definition) is 0. The Bertz CT molecular complexity index is 1500. The molecular formula is C73H128O6. The van der Waals surface area contributed by atoms with E-state index in [2.05, 4.69) is 106 Å². The van der Waals surface area contributed by atoms with Gasteiger partial charge in [-0.3, -0.25) is 14.4 Å².